The van der Waals surface area contributed by atoms with Crippen molar-refractivity contribution in [2.45, 2.75) is 51.7 Å². The van der Waals surface area contributed by atoms with Crippen molar-refractivity contribution < 1.29 is 14.6 Å². The van der Waals surface area contributed by atoms with Crippen LogP contribution < -0.4 is 0 Å². The maximum Gasteiger partial charge on any atom is 0.306 e. The molecule has 0 aromatic rings. The second-order valence-corrected chi connectivity index (χ2v) is 4.00. The van der Waals surface area contributed by atoms with Gasteiger partial charge in [-0.2, -0.15) is 0 Å². The first kappa shape index (κ1) is 10.5. The topological polar surface area (TPSA) is 46.5 Å². The van der Waals surface area contributed by atoms with E-state index in [2.05, 4.69) is 0 Å². The monoisotopic (exact) mass is 186 g/mol. The summed E-state index contributed by atoms with van der Waals surface area (Å²) in [7, 11) is 0. The van der Waals surface area contributed by atoms with Crippen molar-refractivity contribution in [2.75, 3.05) is 0 Å². The lowest BCUT2D eigenvalue weighted by atomic mass is 9.87. The second kappa shape index (κ2) is 4.61. The van der Waals surface area contributed by atoms with Crippen molar-refractivity contribution in [1.82, 2.24) is 0 Å². The van der Waals surface area contributed by atoms with Gasteiger partial charge in [0.15, 0.2) is 0 Å². The van der Waals surface area contributed by atoms with E-state index in [-0.39, 0.29) is 18.1 Å². The van der Waals surface area contributed by atoms with E-state index in [9.17, 15) is 4.79 Å². The average molecular weight is 186 g/mol. The fourth-order valence-corrected chi connectivity index (χ4v) is 1.83. The predicted molar refractivity (Wildman–Crippen MR) is 49.6 cm³/mol. The van der Waals surface area contributed by atoms with Gasteiger partial charge in [-0.25, -0.2) is 0 Å². The molecule has 3 nitrogen and oxygen atoms in total. The van der Waals surface area contributed by atoms with Crippen LogP contribution >= 0.6 is 0 Å². The fraction of sp³-hybridized carbons (Fsp3) is 0.900. The summed E-state index contributed by atoms with van der Waals surface area (Å²) in [5.41, 5.74) is 0. The molecule has 0 unspecified atom stereocenters. The van der Waals surface area contributed by atoms with Crippen LogP contribution in [0.1, 0.15) is 39.5 Å². The summed E-state index contributed by atoms with van der Waals surface area (Å²) >= 11 is 0. The number of carbonyl (C=O) groups is 1. The summed E-state index contributed by atoms with van der Waals surface area (Å²) in [5, 5.41) is 8.77. The molecule has 3 heteroatoms. The molecular weight excluding hydrogens is 168 g/mol. The van der Waals surface area contributed by atoms with Crippen molar-refractivity contribution in [2.24, 2.45) is 5.92 Å². The Morgan fingerprint density at radius 2 is 1.85 bits per heavy atom. The van der Waals surface area contributed by atoms with Gasteiger partial charge in [0, 0.05) is 0 Å². The van der Waals surface area contributed by atoms with Gasteiger partial charge >= 0.3 is 5.97 Å². The molecule has 0 aromatic carbocycles. The smallest absolute Gasteiger partial charge is 0.306 e. The molecule has 1 aliphatic carbocycles. The molecule has 0 radical (unpaired) electrons. The lowest BCUT2D eigenvalue weighted by Gasteiger charge is -2.27. The van der Waals surface area contributed by atoms with Gasteiger partial charge in [-0.05, 0) is 39.5 Å². The molecule has 13 heavy (non-hydrogen) atoms. The van der Waals surface area contributed by atoms with Crippen LogP contribution in [0.15, 0.2) is 0 Å². The van der Waals surface area contributed by atoms with Crippen LogP contribution in [0.2, 0.25) is 0 Å². The molecule has 1 rings (SSSR count). The third-order valence-electron chi connectivity index (χ3n) is 2.49. The molecule has 76 valence electrons. The van der Waals surface area contributed by atoms with Gasteiger partial charge < -0.3 is 9.84 Å². The van der Waals surface area contributed by atoms with Gasteiger partial charge in [-0.1, -0.05) is 0 Å². The first-order valence-electron chi connectivity index (χ1n) is 4.98. The number of carboxylic acids is 1. The third-order valence-corrected chi connectivity index (χ3v) is 2.49. The van der Waals surface area contributed by atoms with Crippen LogP contribution in [0, 0.1) is 5.92 Å². The first-order valence-corrected chi connectivity index (χ1v) is 4.98. The molecule has 0 spiro atoms. The van der Waals surface area contributed by atoms with Crippen molar-refractivity contribution in [3.63, 3.8) is 0 Å². The van der Waals surface area contributed by atoms with Gasteiger partial charge in [0.05, 0.1) is 18.1 Å². The normalized spacial score (nSPS) is 29.2. The van der Waals surface area contributed by atoms with Crippen LogP contribution in [0.3, 0.4) is 0 Å². The molecular formula is C10H18O3. The highest BCUT2D eigenvalue weighted by Gasteiger charge is 2.26. The van der Waals surface area contributed by atoms with Crippen molar-refractivity contribution in [1.29, 1.82) is 0 Å². The highest BCUT2D eigenvalue weighted by Crippen LogP contribution is 2.26. The van der Waals surface area contributed by atoms with Gasteiger partial charge in [-0.3, -0.25) is 4.79 Å². The predicted octanol–water partition coefficient (Wildman–Crippen LogP) is 2.05. The molecule has 1 saturated carbocycles. The lowest BCUT2D eigenvalue weighted by molar-refractivity contribution is -0.144. The third kappa shape index (κ3) is 3.35. The van der Waals surface area contributed by atoms with Gasteiger partial charge in [0.25, 0.3) is 0 Å². The molecule has 0 bridgehead atoms. The Bertz CT molecular complexity index is 169. The quantitative estimate of drug-likeness (QED) is 0.733. The Kier molecular flexibility index (Phi) is 3.72. The zero-order valence-corrected chi connectivity index (χ0v) is 8.32. The van der Waals surface area contributed by atoms with Crippen LogP contribution in [0.25, 0.3) is 0 Å². The maximum absolute atomic E-state index is 10.6. The number of ether oxygens (including phenoxy) is 1. The molecule has 0 amide bonds. The summed E-state index contributed by atoms with van der Waals surface area (Å²) in [6.07, 6.45) is 3.88. The molecule has 0 aromatic heterocycles. The molecule has 1 N–H and O–H groups in total. The first-order chi connectivity index (χ1) is 6.09. The SMILES string of the molecule is CC(C)OC1CCC(C(=O)O)CC1. The van der Waals surface area contributed by atoms with E-state index in [1.54, 1.807) is 0 Å². The van der Waals surface area contributed by atoms with E-state index in [4.69, 9.17) is 9.84 Å². The Hall–Kier alpha value is -0.570. The standard InChI is InChI=1S/C10H18O3/c1-7(2)13-9-5-3-8(4-6-9)10(11)12/h7-9H,3-6H2,1-2H3,(H,11,12). The van der Waals surface area contributed by atoms with Crippen LogP contribution in [-0.2, 0) is 9.53 Å². The Morgan fingerprint density at radius 1 is 1.31 bits per heavy atom. The van der Waals surface area contributed by atoms with E-state index in [1.165, 1.54) is 0 Å². The minimum Gasteiger partial charge on any atom is -0.481 e. The van der Waals surface area contributed by atoms with Crippen molar-refractivity contribution >= 4 is 5.97 Å². The van der Waals surface area contributed by atoms with E-state index in [0.717, 1.165) is 25.7 Å². The highest BCUT2D eigenvalue weighted by molar-refractivity contribution is 5.69. The largest absolute Gasteiger partial charge is 0.481 e. The number of aliphatic carboxylic acids is 1. The van der Waals surface area contributed by atoms with Crippen molar-refractivity contribution in [3.8, 4) is 0 Å². The Morgan fingerprint density at radius 3 is 2.23 bits per heavy atom. The average Bonchev–Trinajstić information content (AvgIpc) is 2.04. The molecule has 1 fully saturated rings. The van der Waals surface area contributed by atoms with Crippen LogP contribution in [0.5, 0.6) is 0 Å². The second-order valence-electron chi connectivity index (χ2n) is 4.00. The van der Waals surface area contributed by atoms with Crippen molar-refractivity contribution in [3.05, 3.63) is 0 Å². The summed E-state index contributed by atoms with van der Waals surface area (Å²) in [6.45, 7) is 4.03. The summed E-state index contributed by atoms with van der Waals surface area (Å²) in [4.78, 5) is 10.6. The maximum atomic E-state index is 10.6. The number of rotatable bonds is 3. The Balaban J connectivity index is 2.26. The molecule has 0 aliphatic heterocycles. The Labute approximate surface area is 79.1 Å². The molecule has 0 atom stereocenters. The van der Waals surface area contributed by atoms with Crippen LogP contribution in [-0.4, -0.2) is 23.3 Å². The van der Waals surface area contributed by atoms with E-state index in [0.29, 0.717) is 0 Å². The summed E-state index contributed by atoms with van der Waals surface area (Å²) in [6, 6.07) is 0. The fourth-order valence-electron chi connectivity index (χ4n) is 1.83. The minimum atomic E-state index is -0.650. The van der Waals surface area contributed by atoms with Gasteiger partial charge in [0.1, 0.15) is 0 Å². The summed E-state index contributed by atoms with van der Waals surface area (Å²) < 4.78 is 5.63. The highest BCUT2D eigenvalue weighted by atomic mass is 16.5. The van der Waals surface area contributed by atoms with E-state index >= 15 is 0 Å². The number of hydrogen-bond donors (Lipinski definition) is 1. The molecule has 0 heterocycles. The number of carboxylic acid groups (broad SMARTS) is 1. The van der Waals surface area contributed by atoms with E-state index < -0.39 is 5.97 Å². The van der Waals surface area contributed by atoms with E-state index in [1.807, 2.05) is 13.8 Å². The number of hydrogen-bond acceptors (Lipinski definition) is 2. The van der Waals surface area contributed by atoms with Gasteiger partial charge in [0.2, 0.25) is 0 Å². The minimum absolute atomic E-state index is 0.132. The van der Waals surface area contributed by atoms with Crippen LogP contribution in [0.4, 0.5) is 0 Å². The zero-order valence-electron chi connectivity index (χ0n) is 8.32. The molecule has 0 saturated heterocycles. The molecule has 1 aliphatic rings. The van der Waals surface area contributed by atoms with Gasteiger partial charge in [-0.15, -0.1) is 0 Å². The zero-order chi connectivity index (χ0) is 9.84. The lowest BCUT2D eigenvalue weighted by Crippen LogP contribution is -2.27. The summed E-state index contributed by atoms with van der Waals surface area (Å²) in [5.74, 6) is -0.782.